The van der Waals surface area contributed by atoms with E-state index in [0.717, 1.165) is 22.3 Å². The molecule has 0 aliphatic rings. The Morgan fingerprint density at radius 2 is 2.40 bits per heavy atom. The van der Waals surface area contributed by atoms with Gasteiger partial charge in [-0.2, -0.15) is 4.98 Å². The van der Waals surface area contributed by atoms with Crippen LogP contribution in [0.25, 0.3) is 21.6 Å². The van der Waals surface area contributed by atoms with Gasteiger partial charge in [0.2, 0.25) is 11.7 Å². The third kappa shape index (κ3) is 2.84. The molecule has 0 fully saturated rings. The van der Waals surface area contributed by atoms with E-state index in [-0.39, 0.29) is 0 Å². The number of nitrogens with zero attached hydrogens (tertiary/aromatic N) is 3. The highest BCUT2D eigenvalue weighted by molar-refractivity contribution is 7.17. The Balaban J connectivity index is 1.72. The number of hydrogen-bond acceptors (Lipinski definition) is 7. The van der Waals surface area contributed by atoms with Crippen LogP contribution >= 0.6 is 11.3 Å². The minimum atomic E-state index is 0.533. The lowest BCUT2D eigenvalue weighted by Gasteiger charge is -1.98. The summed E-state index contributed by atoms with van der Waals surface area (Å²) < 4.78 is 11.3. The predicted octanol–water partition coefficient (Wildman–Crippen LogP) is 2.08. The lowest BCUT2D eigenvalue weighted by atomic mass is 10.2. The van der Waals surface area contributed by atoms with Crippen LogP contribution in [0.5, 0.6) is 0 Å². The summed E-state index contributed by atoms with van der Waals surface area (Å²) in [5.74, 6) is 1.12. The maximum absolute atomic E-state index is 5.20. The first-order chi connectivity index (χ1) is 9.86. The molecule has 0 atom stereocenters. The smallest absolute Gasteiger partial charge is 0.240 e. The van der Waals surface area contributed by atoms with Crippen LogP contribution in [0.3, 0.4) is 0 Å². The SMILES string of the molecule is COCCNCc1nc(-c2cnc3ccsc3c2)no1. The van der Waals surface area contributed by atoms with Crippen molar-refractivity contribution in [3.63, 3.8) is 0 Å². The van der Waals surface area contributed by atoms with Crippen LogP contribution in [0.15, 0.2) is 28.2 Å². The minimum Gasteiger partial charge on any atom is -0.383 e. The van der Waals surface area contributed by atoms with E-state index in [1.54, 1.807) is 24.6 Å². The number of rotatable bonds is 6. The van der Waals surface area contributed by atoms with Crippen molar-refractivity contribution in [2.24, 2.45) is 0 Å². The van der Waals surface area contributed by atoms with Crippen LogP contribution in [-0.4, -0.2) is 35.4 Å². The van der Waals surface area contributed by atoms with Crippen molar-refractivity contribution < 1.29 is 9.26 Å². The van der Waals surface area contributed by atoms with Crippen LogP contribution in [0, 0.1) is 0 Å². The zero-order valence-corrected chi connectivity index (χ0v) is 11.8. The van der Waals surface area contributed by atoms with E-state index in [1.165, 1.54) is 0 Å². The average molecular weight is 290 g/mol. The number of thiophene rings is 1. The van der Waals surface area contributed by atoms with E-state index in [9.17, 15) is 0 Å². The fraction of sp³-hybridized carbons (Fsp3) is 0.308. The first-order valence-corrected chi connectivity index (χ1v) is 7.10. The molecular formula is C13H14N4O2S. The molecule has 0 spiro atoms. The molecule has 20 heavy (non-hydrogen) atoms. The molecule has 0 unspecified atom stereocenters. The Bertz CT molecular complexity index is 694. The molecule has 0 aromatic carbocycles. The highest BCUT2D eigenvalue weighted by atomic mass is 32.1. The summed E-state index contributed by atoms with van der Waals surface area (Å²) >= 11 is 1.65. The first kappa shape index (κ1) is 13.2. The van der Waals surface area contributed by atoms with E-state index in [2.05, 4.69) is 20.4 Å². The van der Waals surface area contributed by atoms with Crippen molar-refractivity contribution in [3.05, 3.63) is 29.6 Å². The summed E-state index contributed by atoms with van der Waals surface area (Å²) in [5, 5.41) is 9.16. The molecule has 3 aromatic heterocycles. The van der Waals surface area contributed by atoms with Crippen molar-refractivity contribution in [3.8, 4) is 11.4 Å². The normalized spacial score (nSPS) is 11.2. The summed E-state index contributed by atoms with van der Waals surface area (Å²) in [5.41, 5.74) is 1.86. The van der Waals surface area contributed by atoms with E-state index >= 15 is 0 Å². The zero-order chi connectivity index (χ0) is 13.8. The number of fused-ring (bicyclic) bond motifs is 1. The van der Waals surface area contributed by atoms with Gasteiger partial charge in [-0.05, 0) is 17.5 Å². The van der Waals surface area contributed by atoms with E-state index in [0.29, 0.717) is 24.9 Å². The van der Waals surface area contributed by atoms with Crippen molar-refractivity contribution >= 4 is 21.6 Å². The fourth-order valence-electron chi connectivity index (χ4n) is 1.78. The summed E-state index contributed by atoms with van der Waals surface area (Å²) in [6.07, 6.45) is 1.77. The van der Waals surface area contributed by atoms with Gasteiger partial charge in [0.25, 0.3) is 0 Å². The van der Waals surface area contributed by atoms with Gasteiger partial charge in [-0.3, -0.25) is 4.98 Å². The number of methoxy groups -OCH3 is 1. The quantitative estimate of drug-likeness (QED) is 0.701. The second kappa shape index (κ2) is 6.08. The lowest BCUT2D eigenvalue weighted by Crippen LogP contribution is -2.18. The van der Waals surface area contributed by atoms with Crippen LogP contribution < -0.4 is 5.32 Å². The Labute approximate surface area is 119 Å². The van der Waals surface area contributed by atoms with Gasteiger partial charge >= 0.3 is 0 Å². The Hall–Kier alpha value is -1.83. The first-order valence-electron chi connectivity index (χ1n) is 6.22. The highest BCUT2D eigenvalue weighted by Crippen LogP contribution is 2.24. The fourth-order valence-corrected chi connectivity index (χ4v) is 2.56. The van der Waals surface area contributed by atoms with Crippen LogP contribution in [0.1, 0.15) is 5.89 Å². The number of aromatic nitrogens is 3. The van der Waals surface area contributed by atoms with Gasteiger partial charge in [0.1, 0.15) is 0 Å². The Morgan fingerprint density at radius 3 is 3.30 bits per heavy atom. The molecule has 3 heterocycles. The van der Waals surface area contributed by atoms with Gasteiger partial charge in [0.15, 0.2) is 0 Å². The zero-order valence-electron chi connectivity index (χ0n) is 11.0. The Morgan fingerprint density at radius 1 is 1.45 bits per heavy atom. The number of nitrogens with one attached hydrogen (secondary N) is 1. The average Bonchev–Trinajstić information content (AvgIpc) is 3.11. The van der Waals surface area contributed by atoms with E-state index in [1.807, 2.05) is 17.5 Å². The number of ether oxygens (including phenoxy) is 1. The summed E-state index contributed by atoms with van der Waals surface area (Å²) in [7, 11) is 1.67. The van der Waals surface area contributed by atoms with Gasteiger partial charge in [-0.25, -0.2) is 0 Å². The predicted molar refractivity (Wildman–Crippen MR) is 76.5 cm³/mol. The van der Waals surface area contributed by atoms with Crippen LogP contribution in [-0.2, 0) is 11.3 Å². The third-order valence-corrected chi connectivity index (χ3v) is 3.64. The topological polar surface area (TPSA) is 73.1 Å². The second-order valence-electron chi connectivity index (χ2n) is 4.21. The molecule has 6 nitrogen and oxygen atoms in total. The summed E-state index contributed by atoms with van der Waals surface area (Å²) in [6.45, 7) is 1.93. The lowest BCUT2D eigenvalue weighted by molar-refractivity contribution is 0.197. The molecule has 3 aromatic rings. The van der Waals surface area contributed by atoms with Crippen LogP contribution in [0.4, 0.5) is 0 Å². The molecule has 0 aliphatic heterocycles. The maximum atomic E-state index is 5.20. The highest BCUT2D eigenvalue weighted by Gasteiger charge is 2.09. The van der Waals surface area contributed by atoms with Crippen molar-refractivity contribution in [1.29, 1.82) is 0 Å². The molecule has 0 saturated heterocycles. The summed E-state index contributed by atoms with van der Waals surface area (Å²) in [4.78, 5) is 8.72. The van der Waals surface area contributed by atoms with E-state index < -0.39 is 0 Å². The molecule has 0 saturated carbocycles. The molecule has 7 heteroatoms. The molecular weight excluding hydrogens is 276 g/mol. The summed E-state index contributed by atoms with van der Waals surface area (Å²) in [6, 6.07) is 4.02. The molecule has 0 amide bonds. The third-order valence-electron chi connectivity index (χ3n) is 2.79. The van der Waals surface area contributed by atoms with Gasteiger partial charge in [0.05, 0.1) is 23.4 Å². The minimum absolute atomic E-state index is 0.533. The van der Waals surface area contributed by atoms with Gasteiger partial charge in [-0.15, -0.1) is 11.3 Å². The Kier molecular flexibility index (Phi) is 4.00. The van der Waals surface area contributed by atoms with Crippen molar-refractivity contribution in [2.75, 3.05) is 20.3 Å². The molecule has 104 valence electrons. The maximum Gasteiger partial charge on any atom is 0.240 e. The standard InChI is InChI=1S/C13H14N4O2S/c1-18-4-3-14-8-12-16-13(17-19-12)9-6-11-10(15-7-9)2-5-20-11/h2,5-7,14H,3-4,8H2,1H3. The largest absolute Gasteiger partial charge is 0.383 e. The van der Waals surface area contributed by atoms with E-state index in [4.69, 9.17) is 9.26 Å². The molecule has 0 bridgehead atoms. The van der Waals surface area contributed by atoms with Gasteiger partial charge < -0.3 is 14.6 Å². The molecule has 0 aliphatic carbocycles. The second-order valence-corrected chi connectivity index (χ2v) is 5.16. The van der Waals surface area contributed by atoms with Crippen molar-refractivity contribution in [1.82, 2.24) is 20.4 Å². The molecule has 3 rings (SSSR count). The molecule has 0 radical (unpaired) electrons. The molecule has 1 N–H and O–H groups in total. The number of pyridine rings is 1. The van der Waals surface area contributed by atoms with Gasteiger partial charge in [-0.1, -0.05) is 5.16 Å². The van der Waals surface area contributed by atoms with Gasteiger partial charge in [0, 0.05) is 25.4 Å². The van der Waals surface area contributed by atoms with Crippen molar-refractivity contribution in [2.45, 2.75) is 6.54 Å². The number of hydrogen-bond donors (Lipinski definition) is 1. The van der Waals surface area contributed by atoms with Crippen LogP contribution in [0.2, 0.25) is 0 Å². The monoisotopic (exact) mass is 290 g/mol.